The number of benzene rings is 2. The van der Waals surface area contributed by atoms with Crippen molar-refractivity contribution in [2.75, 3.05) is 0 Å². The highest BCUT2D eigenvalue weighted by atomic mass is 16.6. The highest BCUT2D eigenvalue weighted by molar-refractivity contribution is 5.92. The van der Waals surface area contributed by atoms with Gasteiger partial charge in [-0.3, -0.25) is 4.79 Å². The van der Waals surface area contributed by atoms with Gasteiger partial charge in [0.25, 0.3) is 0 Å². The van der Waals surface area contributed by atoms with Crippen molar-refractivity contribution >= 4 is 11.9 Å². The predicted molar refractivity (Wildman–Crippen MR) is 131 cm³/mol. The van der Waals surface area contributed by atoms with Crippen LogP contribution in [0, 0.1) is 5.92 Å². The van der Waals surface area contributed by atoms with Gasteiger partial charge in [-0.2, -0.15) is 0 Å². The second-order valence-corrected chi connectivity index (χ2v) is 9.11. The minimum atomic E-state index is -1.19. The van der Waals surface area contributed by atoms with Crippen LogP contribution in [0.25, 0.3) is 11.1 Å². The number of phenols is 1. The van der Waals surface area contributed by atoms with Crippen LogP contribution < -0.4 is 0 Å². The molecule has 0 aromatic heterocycles. The summed E-state index contributed by atoms with van der Waals surface area (Å²) in [5.41, 5.74) is 0.475. The molecule has 0 amide bonds. The van der Waals surface area contributed by atoms with Gasteiger partial charge in [0.15, 0.2) is 0 Å². The van der Waals surface area contributed by atoms with Crippen molar-refractivity contribution in [3.8, 4) is 16.9 Å². The number of carboxylic acid groups (broad SMARTS) is 1. The number of esters is 1. The molecule has 1 saturated carbocycles. The number of phenolic OH excluding ortho intramolecular Hbond substituents is 1. The molecule has 1 aliphatic carbocycles. The molecule has 2 aromatic carbocycles. The number of ether oxygens (including phenoxy) is 1. The zero-order chi connectivity index (χ0) is 24.6. The van der Waals surface area contributed by atoms with E-state index >= 15 is 0 Å². The summed E-state index contributed by atoms with van der Waals surface area (Å²) in [5, 5.41) is 30.1. The lowest BCUT2D eigenvalue weighted by Crippen LogP contribution is -2.40. The number of aliphatic hydroxyl groups is 1. The van der Waals surface area contributed by atoms with Crippen molar-refractivity contribution in [3.05, 3.63) is 66.2 Å². The van der Waals surface area contributed by atoms with E-state index in [9.17, 15) is 24.9 Å². The van der Waals surface area contributed by atoms with E-state index in [0.717, 1.165) is 31.2 Å². The van der Waals surface area contributed by atoms with Crippen molar-refractivity contribution in [3.63, 3.8) is 0 Å². The van der Waals surface area contributed by atoms with Gasteiger partial charge in [0.05, 0.1) is 18.1 Å². The number of aliphatic carboxylic acids is 1. The van der Waals surface area contributed by atoms with Crippen molar-refractivity contribution in [1.82, 2.24) is 0 Å². The van der Waals surface area contributed by atoms with E-state index in [2.05, 4.69) is 6.92 Å². The highest BCUT2D eigenvalue weighted by Crippen LogP contribution is 2.43. The number of carbonyl (C=O) groups is 2. The smallest absolute Gasteiger partial charge is 0.338 e. The van der Waals surface area contributed by atoms with Crippen LogP contribution in [0.1, 0.15) is 68.6 Å². The summed E-state index contributed by atoms with van der Waals surface area (Å²) < 4.78 is 5.92. The summed E-state index contributed by atoms with van der Waals surface area (Å²) in [6.45, 7) is 2.10. The molecule has 0 aliphatic heterocycles. The number of aromatic hydroxyl groups is 1. The quantitative estimate of drug-likeness (QED) is 0.222. The van der Waals surface area contributed by atoms with Gasteiger partial charge in [-0.15, -0.1) is 0 Å². The average molecular weight is 467 g/mol. The minimum Gasteiger partial charge on any atom is -0.508 e. The van der Waals surface area contributed by atoms with Crippen molar-refractivity contribution in [2.45, 2.75) is 70.0 Å². The standard InChI is InChI=1S/C28H34O6/c1-2-3-5-12-24(29)14-13-23-11-8-15-28(23,19-26(31)32)34-27(33)22-16-21(17-25(30)18-22)20-9-6-4-7-10-20/h4,6-7,9-10,13-14,16-18,23-24,29-30H,2-3,5,8,11-12,15,19H2,1H3,(H,31,32). The van der Waals surface area contributed by atoms with Crippen LogP contribution in [0.5, 0.6) is 5.75 Å². The number of aliphatic hydroxyl groups excluding tert-OH is 1. The Labute approximate surface area is 200 Å². The molecule has 6 heteroatoms. The number of unbranched alkanes of at least 4 members (excludes halogenated alkanes) is 2. The maximum Gasteiger partial charge on any atom is 0.338 e. The number of hydrogen-bond donors (Lipinski definition) is 3. The summed E-state index contributed by atoms with van der Waals surface area (Å²) in [6.07, 6.45) is 8.10. The minimum absolute atomic E-state index is 0.0707. The Kier molecular flexibility index (Phi) is 8.88. The van der Waals surface area contributed by atoms with Gasteiger partial charge in [-0.25, -0.2) is 4.79 Å². The maximum atomic E-state index is 13.2. The molecule has 0 radical (unpaired) electrons. The van der Waals surface area contributed by atoms with E-state index in [1.165, 1.54) is 6.07 Å². The van der Waals surface area contributed by atoms with Crippen LogP contribution in [-0.4, -0.2) is 39.0 Å². The molecule has 0 bridgehead atoms. The fourth-order valence-electron chi connectivity index (χ4n) is 4.71. The van der Waals surface area contributed by atoms with Gasteiger partial charge in [0.1, 0.15) is 11.4 Å². The highest BCUT2D eigenvalue weighted by Gasteiger charge is 2.47. The van der Waals surface area contributed by atoms with Crippen LogP contribution in [0.3, 0.4) is 0 Å². The summed E-state index contributed by atoms with van der Waals surface area (Å²) in [4.78, 5) is 24.9. The van der Waals surface area contributed by atoms with Gasteiger partial charge >= 0.3 is 11.9 Å². The molecule has 3 atom stereocenters. The van der Waals surface area contributed by atoms with Gasteiger partial charge < -0.3 is 20.1 Å². The first-order valence-electron chi connectivity index (χ1n) is 12.0. The summed E-state index contributed by atoms with van der Waals surface area (Å²) >= 11 is 0. The fourth-order valence-corrected chi connectivity index (χ4v) is 4.71. The summed E-state index contributed by atoms with van der Waals surface area (Å²) in [5.74, 6) is -2.09. The normalized spacial score (nSPS) is 20.9. The summed E-state index contributed by atoms with van der Waals surface area (Å²) in [6, 6.07) is 13.9. The molecule has 1 fully saturated rings. The molecular weight excluding hydrogens is 432 g/mol. The molecule has 2 aromatic rings. The third-order valence-corrected chi connectivity index (χ3v) is 6.47. The van der Waals surface area contributed by atoms with Crippen molar-refractivity contribution in [1.29, 1.82) is 0 Å². The van der Waals surface area contributed by atoms with Crippen LogP contribution in [-0.2, 0) is 9.53 Å². The van der Waals surface area contributed by atoms with Crippen LogP contribution >= 0.6 is 0 Å². The topological polar surface area (TPSA) is 104 Å². The zero-order valence-electron chi connectivity index (χ0n) is 19.7. The number of hydrogen-bond acceptors (Lipinski definition) is 5. The molecule has 0 heterocycles. The second kappa shape index (κ2) is 11.8. The van der Waals surface area contributed by atoms with E-state index in [-0.39, 0.29) is 23.7 Å². The Morgan fingerprint density at radius 3 is 2.62 bits per heavy atom. The van der Waals surface area contributed by atoms with Gasteiger partial charge in [-0.05, 0) is 55.0 Å². The van der Waals surface area contributed by atoms with E-state index in [1.54, 1.807) is 18.2 Å². The summed E-state index contributed by atoms with van der Waals surface area (Å²) in [7, 11) is 0. The Hall–Kier alpha value is -3.12. The molecule has 3 N–H and O–H groups in total. The van der Waals surface area contributed by atoms with Crippen molar-refractivity contribution in [2.24, 2.45) is 5.92 Å². The molecule has 34 heavy (non-hydrogen) atoms. The Balaban J connectivity index is 1.82. The monoisotopic (exact) mass is 466 g/mol. The lowest BCUT2D eigenvalue weighted by Gasteiger charge is -2.33. The molecule has 1 aliphatic rings. The average Bonchev–Trinajstić information content (AvgIpc) is 3.19. The molecular formula is C28H34O6. The van der Waals surface area contributed by atoms with Gasteiger partial charge in [-0.1, -0.05) is 68.7 Å². The Bertz CT molecular complexity index is 999. The van der Waals surface area contributed by atoms with E-state index in [1.807, 2.05) is 36.4 Å². The SMILES string of the molecule is CCCCCC(O)C=CC1CCCC1(CC(=O)O)OC(=O)c1cc(O)cc(-c2ccccc2)c1. The lowest BCUT2D eigenvalue weighted by molar-refractivity contribution is -0.143. The number of carboxylic acids is 1. The third-order valence-electron chi connectivity index (χ3n) is 6.47. The van der Waals surface area contributed by atoms with Crippen LogP contribution in [0.15, 0.2) is 60.7 Å². The second-order valence-electron chi connectivity index (χ2n) is 9.11. The van der Waals surface area contributed by atoms with Crippen LogP contribution in [0.4, 0.5) is 0 Å². The first kappa shape index (κ1) is 25.5. The molecule has 6 nitrogen and oxygen atoms in total. The number of rotatable bonds is 11. The van der Waals surface area contributed by atoms with Gasteiger partial charge in [0.2, 0.25) is 0 Å². The Morgan fingerprint density at radius 1 is 1.15 bits per heavy atom. The maximum absolute atomic E-state index is 13.2. The molecule has 0 saturated heterocycles. The molecule has 3 rings (SSSR count). The first-order chi connectivity index (χ1) is 16.3. The molecule has 0 spiro atoms. The van der Waals surface area contributed by atoms with Crippen molar-refractivity contribution < 1.29 is 29.6 Å². The molecule has 3 unspecified atom stereocenters. The van der Waals surface area contributed by atoms with Crippen LogP contribution in [0.2, 0.25) is 0 Å². The van der Waals surface area contributed by atoms with E-state index in [0.29, 0.717) is 24.8 Å². The van der Waals surface area contributed by atoms with E-state index in [4.69, 9.17) is 4.74 Å². The fraction of sp³-hybridized carbons (Fsp3) is 0.429. The third kappa shape index (κ3) is 6.70. The van der Waals surface area contributed by atoms with E-state index < -0.39 is 23.6 Å². The first-order valence-corrected chi connectivity index (χ1v) is 12.0. The Morgan fingerprint density at radius 2 is 1.91 bits per heavy atom. The zero-order valence-corrected chi connectivity index (χ0v) is 19.7. The molecule has 182 valence electrons. The predicted octanol–water partition coefficient (Wildman–Crippen LogP) is 5.73. The largest absolute Gasteiger partial charge is 0.508 e. The van der Waals surface area contributed by atoms with Gasteiger partial charge in [0, 0.05) is 5.92 Å². The number of carbonyl (C=O) groups excluding carboxylic acids is 1. The lowest BCUT2D eigenvalue weighted by atomic mass is 9.86.